The van der Waals surface area contributed by atoms with Crippen LogP contribution in [-0.2, 0) is 14.8 Å². The fourth-order valence-electron chi connectivity index (χ4n) is 3.28. The van der Waals surface area contributed by atoms with E-state index < -0.39 is 26.8 Å². The van der Waals surface area contributed by atoms with Crippen molar-refractivity contribution in [2.24, 2.45) is 11.8 Å². The predicted octanol–water partition coefficient (Wildman–Crippen LogP) is 2.01. The molecule has 9 heteroatoms. The first-order valence-corrected chi connectivity index (χ1v) is 10.4. The second-order valence-corrected chi connectivity index (χ2v) is 8.81. The quantitative estimate of drug-likeness (QED) is 0.705. The summed E-state index contributed by atoms with van der Waals surface area (Å²) in [7, 11) is -2.25. The van der Waals surface area contributed by atoms with Gasteiger partial charge in [-0.15, -0.1) is 12.4 Å². The Morgan fingerprint density at radius 3 is 2.59 bits per heavy atom. The van der Waals surface area contributed by atoms with Crippen LogP contribution in [0.4, 0.5) is 4.39 Å². The van der Waals surface area contributed by atoms with Gasteiger partial charge in [-0.3, -0.25) is 4.79 Å². The van der Waals surface area contributed by atoms with Crippen LogP contribution in [0.15, 0.2) is 29.2 Å². The van der Waals surface area contributed by atoms with Crippen molar-refractivity contribution in [2.75, 3.05) is 26.7 Å². The molecule has 2 unspecified atom stereocenters. The van der Waals surface area contributed by atoms with Gasteiger partial charge in [0, 0.05) is 13.1 Å². The highest BCUT2D eigenvalue weighted by Crippen LogP contribution is 2.20. The number of nitrogens with zero attached hydrogens (tertiary/aromatic N) is 1. The summed E-state index contributed by atoms with van der Waals surface area (Å²) in [6.07, 6.45) is 1.93. The third-order valence-corrected chi connectivity index (χ3v) is 6.14. The van der Waals surface area contributed by atoms with E-state index in [1.807, 2.05) is 7.05 Å². The van der Waals surface area contributed by atoms with Gasteiger partial charge in [-0.1, -0.05) is 26.0 Å². The largest absolute Gasteiger partial charge is 0.341 e. The second-order valence-electron chi connectivity index (χ2n) is 7.12. The van der Waals surface area contributed by atoms with Crippen LogP contribution in [-0.4, -0.2) is 51.9 Å². The third-order valence-electron chi connectivity index (χ3n) is 4.66. The van der Waals surface area contributed by atoms with Crippen LogP contribution in [0.25, 0.3) is 0 Å². The van der Waals surface area contributed by atoms with E-state index in [1.165, 1.54) is 18.2 Å². The van der Waals surface area contributed by atoms with E-state index in [9.17, 15) is 17.6 Å². The molecule has 0 aromatic heterocycles. The van der Waals surface area contributed by atoms with E-state index in [2.05, 4.69) is 10.0 Å². The maximum Gasteiger partial charge on any atom is 0.244 e. The lowest BCUT2D eigenvalue weighted by atomic mass is 9.96. The zero-order valence-electron chi connectivity index (χ0n) is 15.9. The average molecular weight is 422 g/mol. The van der Waals surface area contributed by atoms with Gasteiger partial charge in [-0.2, -0.15) is 4.72 Å². The molecular formula is C18H29ClFN3O3S. The SMILES string of the molecule is CNCC1CCCN(C(=O)C(NS(=O)(=O)c2ccccc2F)C(C)C)C1.Cl. The molecule has 1 fully saturated rings. The van der Waals surface area contributed by atoms with Gasteiger partial charge in [0.2, 0.25) is 15.9 Å². The van der Waals surface area contributed by atoms with Crippen molar-refractivity contribution >= 4 is 28.3 Å². The summed E-state index contributed by atoms with van der Waals surface area (Å²) in [4.78, 5) is 14.3. The Balaban J connectivity index is 0.00000364. The number of carbonyl (C=O) groups excluding carboxylic acids is 1. The van der Waals surface area contributed by atoms with Crippen molar-refractivity contribution in [3.8, 4) is 0 Å². The van der Waals surface area contributed by atoms with Gasteiger partial charge in [0.05, 0.1) is 0 Å². The molecule has 1 aromatic carbocycles. The number of amides is 1. The van der Waals surface area contributed by atoms with E-state index >= 15 is 0 Å². The van der Waals surface area contributed by atoms with Crippen molar-refractivity contribution < 1.29 is 17.6 Å². The lowest BCUT2D eigenvalue weighted by Crippen LogP contribution is -2.54. The third kappa shape index (κ3) is 6.14. The van der Waals surface area contributed by atoms with Crippen molar-refractivity contribution in [3.05, 3.63) is 30.1 Å². The topological polar surface area (TPSA) is 78.5 Å². The molecule has 1 saturated heterocycles. The van der Waals surface area contributed by atoms with Crippen LogP contribution >= 0.6 is 12.4 Å². The molecule has 0 saturated carbocycles. The van der Waals surface area contributed by atoms with Crippen LogP contribution in [0, 0.1) is 17.7 Å². The molecule has 2 N–H and O–H groups in total. The molecule has 0 radical (unpaired) electrons. The Morgan fingerprint density at radius 1 is 1.33 bits per heavy atom. The van der Waals surface area contributed by atoms with Gasteiger partial charge in [-0.05, 0) is 50.4 Å². The minimum atomic E-state index is -4.13. The van der Waals surface area contributed by atoms with Crippen molar-refractivity contribution in [1.82, 2.24) is 14.9 Å². The molecule has 1 amide bonds. The molecule has 1 heterocycles. The molecule has 0 spiro atoms. The normalized spacial score (nSPS) is 18.9. The highest BCUT2D eigenvalue weighted by Gasteiger charge is 2.34. The Kier molecular flexibility index (Phi) is 9.14. The van der Waals surface area contributed by atoms with Gasteiger partial charge in [-0.25, -0.2) is 12.8 Å². The summed E-state index contributed by atoms with van der Waals surface area (Å²) in [6, 6.07) is 4.25. The monoisotopic (exact) mass is 421 g/mol. The average Bonchev–Trinajstić information content (AvgIpc) is 2.60. The van der Waals surface area contributed by atoms with Crippen molar-refractivity contribution in [2.45, 2.75) is 37.6 Å². The number of hydrogen-bond donors (Lipinski definition) is 2. The Hall–Kier alpha value is -1.22. The molecule has 1 aliphatic heterocycles. The molecule has 27 heavy (non-hydrogen) atoms. The summed E-state index contributed by atoms with van der Waals surface area (Å²) in [5.74, 6) is -0.981. The summed E-state index contributed by atoms with van der Waals surface area (Å²) in [5, 5.41) is 3.12. The van der Waals surface area contributed by atoms with E-state index in [1.54, 1.807) is 18.7 Å². The number of benzene rings is 1. The first kappa shape index (κ1) is 23.8. The number of rotatable bonds is 7. The highest BCUT2D eigenvalue weighted by molar-refractivity contribution is 7.89. The molecule has 6 nitrogen and oxygen atoms in total. The lowest BCUT2D eigenvalue weighted by molar-refractivity contribution is -0.135. The maximum atomic E-state index is 13.9. The van der Waals surface area contributed by atoms with E-state index in [0.29, 0.717) is 19.0 Å². The Labute approximate surface area is 167 Å². The van der Waals surface area contributed by atoms with Gasteiger partial charge in [0.15, 0.2) is 0 Å². The van der Waals surface area contributed by atoms with Crippen LogP contribution < -0.4 is 10.0 Å². The smallest absolute Gasteiger partial charge is 0.244 e. The van der Waals surface area contributed by atoms with Gasteiger partial charge in [0.25, 0.3) is 0 Å². The number of piperidine rings is 1. The van der Waals surface area contributed by atoms with Gasteiger partial charge in [0.1, 0.15) is 16.8 Å². The van der Waals surface area contributed by atoms with Crippen LogP contribution in [0.5, 0.6) is 0 Å². The molecule has 0 bridgehead atoms. The molecule has 2 atom stereocenters. The number of hydrogen-bond acceptors (Lipinski definition) is 4. The Bertz CT molecular complexity index is 728. The first-order valence-electron chi connectivity index (χ1n) is 8.96. The zero-order chi connectivity index (χ0) is 19.3. The highest BCUT2D eigenvalue weighted by atomic mass is 35.5. The minimum absolute atomic E-state index is 0. The molecule has 2 rings (SSSR count). The molecule has 154 valence electrons. The predicted molar refractivity (Wildman–Crippen MR) is 106 cm³/mol. The van der Waals surface area contributed by atoms with Gasteiger partial charge < -0.3 is 10.2 Å². The zero-order valence-corrected chi connectivity index (χ0v) is 17.6. The second kappa shape index (κ2) is 10.4. The lowest BCUT2D eigenvalue weighted by Gasteiger charge is -2.36. The van der Waals surface area contributed by atoms with Crippen LogP contribution in [0.3, 0.4) is 0 Å². The maximum absolute atomic E-state index is 13.9. The van der Waals surface area contributed by atoms with Crippen LogP contribution in [0.1, 0.15) is 26.7 Å². The summed E-state index contributed by atoms with van der Waals surface area (Å²) < 4.78 is 41.5. The molecule has 0 aliphatic carbocycles. The molecule has 1 aromatic rings. The number of carbonyl (C=O) groups is 1. The van der Waals surface area contributed by atoms with Gasteiger partial charge >= 0.3 is 0 Å². The van der Waals surface area contributed by atoms with E-state index in [-0.39, 0.29) is 24.2 Å². The summed E-state index contributed by atoms with van der Waals surface area (Å²) in [5.41, 5.74) is 0. The number of halogens is 2. The fourth-order valence-corrected chi connectivity index (χ4v) is 4.70. The van der Waals surface area contributed by atoms with Crippen LogP contribution in [0.2, 0.25) is 0 Å². The first-order chi connectivity index (χ1) is 12.3. The van der Waals surface area contributed by atoms with Crippen molar-refractivity contribution in [1.29, 1.82) is 0 Å². The number of nitrogens with one attached hydrogen (secondary N) is 2. The summed E-state index contributed by atoms with van der Waals surface area (Å²) >= 11 is 0. The van der Waals surface area contributed by atoms with E-state index in [4.69, 9.17) is 0 Å². The van der Waals surface area contributed by atoms with E-state index in [0.717, 1.165) is 25.5 Å². The summed E-state index contributed by atoms with van der Waals surface area (Å²) in [6.45, 7) is 5.59. The minimum Gasteiger partial charge on any atom is -0.341 e. The van der Waals surface area contributed by atoms with Crippen molar-refractivity contribution in [3.63, 3.8) is 0 Å². The number of likely N-dealkylation sites (tertiary alicyclic amines) is 1. The molecular weight excluding hydrogens is 393 g/mol. The fraction of sp³-hybridized carbons (Fsp3) is 0.611. The number of sulfonamides is 1. The standard InChI is InChI=1S/C18H28FN3O3S.ClH/c1-13(2)17(18(23)22-10-6-7-14(12-22)11-20-3)21-26(24,25)16-9-5-4-8-15(16)19;/h4-5,8-9,13-14,17,20-21H,6-7,10-12H2,1-3H3;1H. The Morgan fingerprint density at radius 2 is 2.00 bits per heavy atom. The molecule has 1 aliphatic rings.